The molecule has 128 valence electrons. The normalized spacial score (nSPS) is 11.4. The molecule has 0 spiro atoms. The number of carbonyl (C=O) groups excluding carboxylic acids is 1. The van der Waals surface area contributed by atoms with E-state index in [1.165, 1.54) is 24.4 Å². The Bertz CT molecular complexity index is 1120. The third kappa shape index (κ3) is 3.74. The highest BCUT2D eigenvalue weighted by molar-refractivity contribution is 7.90. The van der Waals surface area contributed by atoms with Crippen molar-refractivity contribution in [2.45, 2.75) is 11.4 Å². The van der Waals surface area contributed by atoms with Crippen molar-refractivity contribution in [1.82, 2.24) is 9.78 Å². The van der Waals surface area contributed by atoms with Gasteiger partial charge in [0.2, 0.25) is 5.91 Å². The SMILES string of the molecule is CS(=O)(=O)c1cccc(NC(=O)Cn2ncc3ccccc3c2=O)c1. The second-order valence-electron chi connectivity index (χ2n) is 5.54. The van der Waals surface area contributed by atoms with E-state index in [2.05, 4.69) is 10.4 Å². The first-order valence-electron chi connectivity index (χ1n) is 7.39. The number of sulfone groups is 1. The zero-order valence-electron chi connectivity index (χ0n) is 13.3. The molecule has 0 saturated heterocycles. The minimum atomic E-state index is -3.37. The maximum Gasteiger partial charge on any atom is 0.275 e. The number of nitrogens with one attached hydrogen (secondary N) is 1. The monoisotopic (exact) mass is 357 g/mol. The van der Waals surface area contributed by atoms with Gasteiger partial charge in [0.05, 0.1) is 16.5 Å². The summed E-state index contributed by atoms with van der Waals surface area (Å²) in [6, 6.07) is 12.9. The molecule has 1 heterocycles. The maximum absolute atomic E-state index is 12.3. The van der Waals surface area contributed by atoms with Gasteiger partial charge in [-0.2, -0.15) is 5.10 Å². The molecule has 3 aromatic rings. The number of anilines is 1. The van der Waals surface area contributed by atoms with Crippen LogP contribution in [0.1, 0.15) is 0 Å². The minimum absolute atomic E-state index is 0.103. The van der Waals surface area contributed by atoms with E-state index in [9.17, 15) is 18.0 Å². The van der Waals surface area contributed by atoms with E-state index in [1.807, 2.05) is 0 Å². The molecule has 0 bridgehead atoms. The van der Waals surface area contributed by atoms with Crippen molar-refractivity contribution in [1.29, 1.82) is 0 Å². The van der Waals surface area contributed by atoms with Crippen LogP contribution in [0.2, 0.25) is 0 Å². The van der Waals surface area contributed by atoms with Gasteiger partial charge in [0, 0.05) is 17.3 Å². The van der Waals surface area contributed by atoms with Crippen molar-refractivity contribution in [3.63, 3.8) is 0 Å². The number of carbonyl (C=O) groups is 1. The molecule has 2 aromatic carbocycles. The average molecular weight is 357 g/mol. The molecule has 0 saturated carbocycles. The summed E-state index contributed by atoms with van der Waals surface area (Å²) in [5.41, 5.74) is -0.0279. The third-order valence-corrected chi connectivity index (χ3v) is 4.71. The number of hydrogen-bond donors (Lipinski definition) is 1. The first kappa shape index (κ1) is 16.8. The van der Waals surface area contributed by atoms with Gasteiger partial charge in [-0.25, -0.2) is 13.1 Å². The fourth-order valence-electron chi connectivity index (χ4n) is 2.38. The van der Waals surface area contributed by atoms with Gasteiger partial charge in [0.1, 0.15) is 6.54 Å². The summed E-state index contributed by atoms with van der Waals surface area (Å²) in [7, 11) is -3.37. The first-order chi connectivity index (χ1) is 11.8. The summed E-state index contributed by atoms with van der Waals surface area (Å²) in [5, 5.41) is 7.74. The van der Waals surface area contributed by atoms with E-state index >= 15 is 0 Å². The number of aromatic nitrogens is 2. The Labute approximate surface area is 143 Å². The molecular weight excluding hydrogens is 342 g/mol. The summed E-state index contributed by atoms with van der Waals surface area (Å²) in [6.45, 7) is -0.271. The van der Waals surface area contributed by atoms with Crippen LogP contribution in [0.3, 0.4) is 0 Å². The van der Waals surface area contributed by atoms with Crippen LogP contribution in [0, 0.1) is 0 Å². The fourth-order valence-corrected chi connectivity index (χ4v) is 3.05. The molecule has 3 rings (SSSR count). The number of fused-ring (bicyclic) bond motifs is 1. The molecule has 0 unspecified atom stereocenters. The van der Waals surface area contributed by atoms with Gasteiger partial charge in [0.15, 0.2) is 9.84 Å². The van der Waals surface area contributed by atoms with Crippen molar-refractivity contribution in [2.24, 2.45) is 0 Å². The Morgan fingerprint density at radius 1 is 1.16 bits per heavy atom. The number of amides is 1. The number of rotatable bonds is 4. The summed E-state index contributed by atoms with van der Waals surface area (Å²) in [5.74, 6) is -0.476. The van der Waals surface area contributed by atoms with Crippen LogP contribution in [0.5, 0.6) is 0 Å². The molecule has 25 heavy (non-hydrogen) atoms. The van der Waals surface area contributed by atoms with E-state index in [-0.39, 0.29) is 17.0 Å². The largest absolute Gasteiger partial charge is 0.324 e. The topological polar surface area (TPSA) is 98.1 Å². The van der Waals surface area contributed by atoms with Gasteiger partial charge in [-0.3, -0.25) is 9.59 Å². The van der Waals surface area contributed by atoms with Crippen molar-refractivity contribution >= 4 is 32.2 Å². The summed E-state index contributed by atoms with van der Waals surface area (Å²) in [4.78, 5) is 24.6. The Kier molecular flexibility index (Phi) is 4.37. The standard InChI is InChI=1S/C17H15N3O4S/c1-25(23,24)14-7-4-6-13(9-14)19-16(21)11-20-17(22)15-8-3-2-5-12(15)10-18-20/h2-10H,11H2,1H3,(H,19,21). The van der Waals surface area contributed by atoms with Gasteiger partial charge >= 0.3 is 0 Å². The van der Waals surface area contributed by atoms with Crippen LogP contribution in [-0.4, -0.2) is 30.4 Å². The van der Waals surface area contributed by atoms with Gasteiger partial charge in [-0.1, -0.05) is 24.3 Å². The van der Waals surface area contributed by atoms with Crippen molar-refractivity contribution in [2.75, 3.05) is 11.6 Å². The van der Waals surface area contributed by atoms with Crippen LogP contribution in [0.4, 0.5) is 5.69 Å². The highest BCUT2D eigenvalue weighted by Gasteiger charge is 2.11. The van der Waals surface area contributed by atoms with Crippen LogP contribution in [0.25, 0.3) is 10.8 Å². The lowest BCUT2D eigenvalue weighted by atomic mass is 10.2. The van der Waals surface area contributed by atoms with Gasteiger partial charge in [-0.15, -0.1) is 0 Å². The van der Waals surface area contributed by atoms with E-state index < -0.39 is 15.7 Å². The highest BCUT2D eigenvalue weighted by atomic mass is 32.2. The molecule has 0 radical (unpaired) electrons. The number of nitrogens with zero attached hydrogens (tertiary/aromatic N) is 2. The van der Waals surface area contributed by atoms with Crippen molar-refractivity contribution < 1.29 is 13.2 Å². The fraction of sp³-hybridized carbons (Fsp3) is 0.118. The molecule has 0 fully saturated rings. The lowest BCUT2D eigenvalue weighted by molar-refractivity contribution is -0.117. The summed E-state index contributed by atoms with van der Waals surface area (Å²) >= 11 is 0. The minimum Gasteiger partial charge on any atom is -0.324 e. The van der Waals surface area contributed by atoms with E-state index in [1.54, 1.807) is 30.3 Å². The average Bonchev–Trinajstić information content (AvgIpc) is 2.57. The van der Waals surface area contributed by atoms with E-state index in [0.29, 0.717) is 16.5 Å². The summed E-state index contributed by atoms with van der Waals surface area (Å²) < 4.78 is 24.2. The van der Waals surface area contributed by atoms with Crippen LogP contribution in [-0.2, 0) is 21.2 Å². The quantitative estimate of drug-likeness (QED) is 0.762. The lowest BCUT2D eigenvalue weighted by Gasteiger charge is -2.08. The third-order valence-electron chi connectivity index (χ3n) is 3.60. The molecular formula is C17H15N3O4S. The Hall–Kier alpha value is -3.00. The smallest absolute Gasteiger partial charge is 0.275 e. The molecule has 0 aliphatic carbocycles. The number of hydrogen-bond acceptors (Lipinski definition) is 5. The first-order valence-corrected chi connectivity index (χ1v) is 9.28. The highest BCUT2D eigenvalue weighted by Crippen LogP contribution is 2.15. The van der Waals surface area contributed by atoms with E-state index in [4.69, 9.17) is 0 Å². The second kappa shape index (κ2) is 6.48. The molecule has 0 atom stereocenters. The van der Waals surface area contributed by atoms with Crippen molar-refractivity contribution in [3.8, 4) is 0 Å². The Morgan fingerprint density at radius 3 is 2.68 bits per heavy atom. The molecule has 8 heteroatoms. The summed E-state index contributed by atoms with van der Waals surface area (Å²) in [6.07, 6.45) is 2.61. The molecule has 0 aliphatic heterocycles. The van der Waals surface area contributed by atoms with Crippen LogP contribution < -0.4 is 10.9 Å². The van der Waals surface area contributed by atoms with Crippen LogP contribution >= 0.6 is 0 Å². The maximum atomic E-state index is 12.3. The Morgan fingerprint density at radius 2 is 1.92 bits per heavy atom. The lowest BCUT2D eigenvalue weighted by Crippen LogP contribution is -2.29. The number of benzene rings is 2. The van der Waals surface area contributed by atoms with Gasteiger partial charge < -0.3 is 5.32 Å². The zero-order chi connectivity index (χ0) is 18.0. The zero-order valence-corrected chi connectivity index (χ0v) is 14.2. The molecule has 7 nitrogen and oxygen atoms in total. The molecule has 1 aromatic heterocycles. The van der Waals surface area contributed by atoms with Crippen LogP contribution in [0.15, 0.2) is 64.4 Å². The van der Waals surface area contributed by atoms with E-state index in [0.717, 1.165) is 10.9 Å². The predicted octanol–water partition coefficient (Wildman–Crippen LogP) is 1.44. The Balaban J connectivity index is 1.82. The predicted molar refractivity (Wildman–Crippen MR) is 94.2 cm³/mol. The van der Waals surface area contributed by atoms with Crippen molar-refractivity contribution in [3.05, 3.63) is 65.1 Å². The molecule has 1 N–H and O–H groups in total. The molecule has 1 amide bonds. The molecule has 0 aliphatic rings. The van der Waals surface area contributed by atoms with Gasteiger partial charge in [0.25, 0.3) is 5.56 Å². The second-order valence-corrected chi connectivity index (χ2v) is 7.56. The van der Waals surface area contributed by atoms with Gasteiger partial charge in [-0.05, 0) is 24.3 Å².